The fraction of sp³-hybridized carbons (Fsp3) is 0.0556. The first-order chi connectivity index (χ1) is 11.3. The fourth-order valence-electron chi connectivity index (χ4n) is 2.74. The van der Waals surface area contributed by atoms with Gasteiger partial charge >= 0.3 is 0 Å². The van der Waals surface area contributed by atoms with E-state index in [1.165, 1.54) is 4.68 Å². The molecule has 0 aliphatic rings. The van der Waals surface area contributed by atoms with Gasteiger partial charge in [-0.1, -0.05) is 48.5 Å². The van der Waals surface area contributed by atoms with Crippen molar-refractivity contribution in [2.24, 2.45) is 7.05 Å². The van der Waals surface area contributed by atoms with Crippen LogP contribution < -0.4 is 5.56 Å². The second-order valence-corrected chi connectivity index (χ2v) is 5.29. The molecule has 0 aliphatic heterocycles. The number of hydrogen-bond donors (Lipinski definition) is 0. The molecule has 0 spiro atoms. The van der Waals surface area contributed by atoms with E-state index in [1.807, 2.05) is 60.7 Å². The van der Waals surface area contributed by atoms with Crippen LogP contribution >= 0.6 is 0 Å². The Morgan fingerprint density at radius 3 is 2.35 bits per heavy atom. The predicted octanol–water partition coefficient (Wildman–Crippen LogP) is 2.79. The van der Waals surface area contributed by atoms with E-state index < -0.39 is 0 Å². The van der Waals surface area contributed by atoms with Crippen molar-refractivity contribution in [1.29, 1.82) is 0 Å². The van der Waals surface area contributed by atoms with Gasteiger partial charge in [0.25, 0.3) is 5.56 Å². The molecule has 2 aromatic heterocycles. The van der Waals surface area contributed by atoms with Gasteiger partial charge in [-0.2, -0.15) is 5.10 Å². The van der Waals surface area contributed by atoms with Crippen molar-refractivity contribution in [3.8, 4) is 17.1 Å². The Labute approximate surface area is 132 Å². The second kappa shape index (κ2) is 5.21. The maximum Gasteiger partial charge on any atom is 0.274 e. The minimum atomic E-state index is -0.113. The average Bonchev–Trinajstić information content (AvgIpc) is 3.08. The van der Waals surface area contributed by atoms with E-state index in [2.05, 4.69) is 10.2 Å². The molecule has 0 aliphatic carbocycles. The minimum Gasteiger partial charge on any atom is -0.267 e. The number of aryl methyl sites for hydroxylation is 1. The van der Waals surface area contributed by atoms with E-state index in [9.17, 15) is 4.79 Å². The molecule has 0 saturated carbocycles. The van der Waals surface area contributed by atoms with Crippen LogP contribution in [-0.2, 0) is 7.05 Å². The molecule has 112 valence electrons. The van der Waals surface area contributed by atoms with Crippen molar-refractivity contribution in [2.45, 2.75) is 0 Å². The lowest BCUT2D eigenvalue weighted by atomic mass is 10.1. The average molecular weight is 302 g/mol. The summed E-state index contributed by atoms with van der Waals surface area (Å²) in [6.07, 6.45) is 1.74. The Kier molecular flexibility index (Phi) is 3.05. The topological polar surface area (TPSA) is 52.7 Å². The lowest BCUT2D eigenvalue weighted by Crippen LogP contribution is -2.22. The molecule has 0 fully saturated rings. The summed E-state index contributed by atoms with van der Waals surface area (Å²) in [4.78, 5) is 12.3. The molecule has 0 atom stereocenters. The van der Waals surface area contributed by atoms with Crippen molar-refractivity contribution < 1.29 is 0 Å². The van der Waals surface area contributed by atoms with Crippen LogP contribution in [0.3, 0.4) is 0 Å². The van der Waals surface area contributed by atoms with E-state index >= 15 is 0 Å². The maximum absolute atomic E-state index is 12.3. The molecule has 0 N–H and O–H groups in total. The first kappa shape index (κ1) is 13.5. The van der Waals surface area contributed by atoms with Gasteiger partial charge in [-0.05, 0) is 12.1 Å². The molecule has 0 radical (unpaired) electrons. The first-order valence-corrected chi connectivity index (χ1v) is 7.31. The highest BCUT2D eigenvalue weighted by Crippen LogP contribution is 2.24. The summed E-state index contributed by atoms with van der Waals surface area (Å²) in [6.45, 7) is 0. The van der Waals surface area contributed by atoms with Gasteiger partial charge in [0.1, 0.15) is 0 Å². The molecule has 0 unspecified atom stereocenters. The van der Waals surface area contributed by atoms with Gasteiger partial charge in [-0.15, -0.1) is 5.10 Å². The SMILES string of the molecule is Cn1nc(-n2nccc2-c2ccccc2)c2ccccc2c1=O. The summed E-state index contributed by atoms with van der Waals surface area (Å²) in [6, 6.07) is 19.4. The zero-order valence-corrected chi connectivity index (χ0v) is 12.5. The molecule has 5 heteroatoms. The van der Waals surface area contributed by atoms with Gasteiger partial charge in [0.05, 0.1) is 17.3 Å². The predicted molar refractivity (Wildman–Crippen MR) is 89.5 cm³/mol. The highest BCUT2D eigenvalue weighted by atomic mass is 16.1. The van der Waals surface area contributed by atoms with Crippen molar-refractivity contribution in [2.75, 3.05) is 0 Å². The lowest BCUT2D eigenvalue weighted by molar-refractivity contribution is 0.686. The molecule has 0 bridgehead atoms. The smallest absolute Gasteiger partial charge is 0.267 e. The lowest BCUT2D eigenvalue weighted by Gasteiger charge is -2.11. The summed E-state index contributed by atoms with van der Waals surface area (Å²) in [5, 5.41) is 10.3. The van der Waals surface area contributed by atoms with E-state index in [1.54, 1.807) is 17.9 Å². The highest BCUT2D eigenvalue weighted by Gasteiger charge is 2.14. The number of nitrogens with zero attached hydrogens (tertiary/aromatic N) is 4. The third-order valence-electron chi connectivity index (χ3n) is 3.85. The molecular weight excluding hydrogens is 288 g/mol. The molecule has 2 heterocycles. The van der Waals surface area contributed by atoms with Crippen molar-refractivity contribution in [3.05, 3.63) is 77.2 Å². The Bertz CT molecular complexity index is 1050. The van der Waals surface area contributed by atoms with Crippen molar-refractivity contribution in [3.63, 3.8) is 0 Å². The van der Waals surface area contributed by atoms with Crippen LogP contribution in [0, 0.1) is 0 Å². The quantitative estimate of drug-likeness (QED) is 0.572. The van der Waals surface area contributed by atoms with Crippen LogP contribution in [0.5, 0.6) is 0 Å². The molecular formula is C18H14N4O. The van der Waals surface area contributed by atoms with E-state index in [4.69, 9.17) is 0 Å². The number of benzene rings is 2. The largest absolute Gasteiger partial charge is 0.274 e. The number of hydrogen-bond acceptors (Lipinski definition) is 3. The maximum atomic E-state index is 12.3. The Morgan fingerprint density at radius 1 is 0.870 bits per heavy atom. The van der Waals surface area contributed by atoms with E-state index in [0.717, 1.165) is 16.6 Å². The standard InChI is InChI=1S/C18H14N4O/c1-21-18(23)15-10-6-5-9-14(15)17(20-21)22-16(11-12-19-22)13-7-3-2-4-8-13/h2-12H,1H3. The zero-order chi connectivity index (χ0) is 15.8. The van der Waals surface area contributed by atoms with Crippen LogP contribution in [-0.4, -0.2) is 19.6 Å². The van der Waals surface area contributed by atoms with Gasteiger partial charge in [-0.25, -0.2) is 9.36 Å². The normalized spacial score (nSPS) is 11.0. The molecule has 4 rings (SSSR count). The number of fused-ring (bicyclic) bond motifs is 1. The van der Waals surface area contributed by atoms with Gasteiger partial charge in [-0.3, -0.25) is 4.79 Å². The van der Waals surface area contributed by atoms with Crippen molar-refractivity contribution >= 4 is 10.8 Å². The van der Waals surface area contributed by atoms with Crippen LogP contribution in [0.15, 0.2) is 71.7 Å². The molecule has 23 heavy (non-hydrogen) atoms. The summed E-state index contributed by atoms with van der Waals surface area (Å²) < 4.78 is 3.13. The number of aromatic nitrogens is 4. The summed E-state index contributed by atoms with van der Waals surface area (Å²) >= 11 is 0. The van der Waals surface area contributed by atoms with Crippen molar-refractivity contribution in [1.82, 2.24) is 19.6 Å². The minimum absolute atomic E-state index is 0.113. The Morgan fingerprint density at radius 2 is 1.57 bits per heavy atom. The van der Waals surface area contributed by atoms with Gasteiger partial charge < -0.3 is 0 Å². The Balaban J connectivity index is 2.04. The highest BCUT2D eigenvalue weighted by molar-refractivity contribution is 5.88. The van der Waals surface area contributed by atoms with Gasteiger partial charge in [0, 0.05) is 18.0 Å². The van der Waals surface area contributed by atoms with E-state index in [0.29, 0.717) is 11.2 Å². The molecule has 5 nitrogen and oxygen atoms in total. The molecule has 4 aromatic rings. The summed E-state index contributed by atoms with van der Waals surface area (Å²) in [5.41, 5.74) is 1.87. The number of rotatable bonds is 2. The third-order valence-corrected chi connectivity index (χ3v) is 3.85. The molecule has 2 aromatic carbocycles. The van der Waals surface area contributed by atoms with Gasteiger partial charge in [0.2, 0.25) is 0 Å². The third kappa shape index (κ3) is 2.14. The fourth-order valence-corrected chi connectivity index (χ4v) is 2.74. The first-order valence-electron chi connectivity index (χ1n) is 7.31. The Hall–Kier alpha value is -3.21. The van der Waals surface area contributed by atoms with Crippen LogP contribution in [0.1, 0.15) is 0 Å². The van der Waals surface area contributed by atoms with Crippen LogP contribution in [0.4, 0.5) is 0 Å². The molecule has 0 saturated heterocycles. The monoisotopic (exact) mass is 302 g/mol. The zero-order valence-electron chi connectivity index (χ0n) is 12.5. The molecule has 0 amide bonds. The van der Waals surface area contributed by atoms with Gasteiger partial charge in [0.15, 0.2) is 5.82 Å². The summed E-state index contributed by atoms with van der Waals surface area (Å²) in [7, 11) is 1.66. The summed E-state index contributed by atoms with van der Waals surface area (Å²) in [5.74, 6) is 0.645. The van der Waals surface area contributed by atoms with Crippen LogP contribution in [0.2, 0.25) is 0 Å². The van der Waals surface area contributed by atoms with Crippen LogP contribution in [0.25, 0.3) is 27.8 Å². The second-order valence-electron chi connectivity index (χ2n) is 5.29. The van der Waals surface area contributed by atoms with E-state index in [-0.39, 0.29) is 5.56 Å².